The average molecular weight is 281 g/mol. The Balaban J connectivity index is 0.000000140. The summed E-state index contributed by atoms with van der Waals surface area (Å²) in [6.45, 7) is 6.31. The molecule has 0 heteroatoms. The Morgan fingerprint density at radius 2 is 0.800 bits per heavy atom. The summed E-state index contributed by atoms with van der Waals surface area (Å²) in [5, 5.41) is 0. The van der Waals surface area contributed by atoms with Gasteiger partial charge in [0.1, 0.15) is 0 Å². The van der Waals surface area contributed by atoms with Crippen LogP contribution in [0.15, 0.2) is 0 Å². The standard InChI is InChI=1S/C7H12.C5H8.C5H10.C2H6.CH4/c1-2-6-4-7(3-1)5-6;1-4-2-5(1)3-4;1-5-3-2-4-5;1-2;/h6-7H,1-5H2;4-5H,1-3H2;5H,2-4H2,1H3;1-2H3;1H4. The van der Waals surface area contributed by atoms with Crippen molar-refractivity contribution in [1.29, 1.82) is 0 Å². The van der Waals surface area contributed by atoms with Gasteiger partial charge in [0, 0.05) is 0 Å². The Morgan fingerprint density at radius 3 is 0.850 bits per heavy atom. The summed E-state index contributed by atoms with van der Waals surface area (Å²) >= 11 is 0. The maximum absolute atomic E-state index is 2.31. The van der Waals surface area contributed by atoms with Gasteiger partial charge in [-0.1, -0.05) is 66.7 Å². The third kappa shape index (κ3) is 5.08. The van der Waals surface area contributed by atoms with Crippen LogP contribution in [0.3, 0.4) is 0 Å². The first kappa shape index (κ1) is 18.1. The summed E-state index contributed by atoms with van der Waals surface area (Å²) in [6, 6.07) is 0. The fourth-order valence-electron chi connectivity index (χ4n) is 3.86. The number of hydrogen-bond donors (Lipinski definition) is 0. The van der Waals surface area contributed by atoms with Gasteiger partial charge in [0.2, 0.25) is 0 Å². The quantitative estimate of drug-likeness (QED) is 0.444. The topological polar surface area (TPSA) is 0 Å². The van der Waals surface area contributed by atoms with E-state index in [1.807, 2.05) is 13.8 Å². The highest BCUT2D eigenvalue weighted by molar-refractivity contribution is 4.92. The van der Waals surface area contributed by atoms with Gasteiger partial charge in [-0.15, -0.1) is 0 Å². The molecule has 7 rings (SSSR count). The van der Waals surface area contributed by atoms with Gasteiger partial charge in [-0.05, 0) is 61.7 Å². The third-order valence-electron chi connectivity index (χ3n) is 5.95. The van der Waals surface area contributed by atoms with Crippen LogP contribution in [-0.4, -0.2) is 0 Å². The van der Waals surface area contributed by atoms with Crippen LogP contribution in [0.2, 0.25) is 0 Å². The highest BCUT2D eigenvalue weighted by Crippen LogP contribution is 2.52. The molecule has 0 amide bonds. The Hall–Kier alpha value is 0. The van der Waals surface area contributed by atoms with Crippen molar-refractivity contribution in [2.24, 2.45) is 29.6 Å². The Bertz CT molecular complexity index is 197. The molecule has 7 aliphatic rings. The maximum Gasteiger partial charge on any atom is -0.0406 e. The van der Waals surface area contributed by atoms with E-state index in [9.17, 15) is 0 Å². The molecule has 0 atom stereocenters. The van der Waals surface area contributed by atoms with Crippen LogP contribution in [0.5, 0.6) is 0 Å². The number of hydrogen-bond acceptors (Lipinski definition) is 0. The number of fused-ring (bicyclic) bond motifs is 2. The summed E-state index contributed by atoms with van der Waals surface area (Å²) in [6.07, 6.45) is 17.0. The fraction of sp³-hybridized carbons (Fsp3) is 1.00. The minimum Gasteiger partial charge on any atom is -0.0776 e. The molecule has 7 aliphatic carbocycles. The number of rotatable bonds is 0. The fourth-order valence-corrected chi connectivity index (χ4v) is 3.86. The molecular formula is C20H40. The van der Waals surface area contributed by atoms with Gasteiger partial charge in [-0.2, -0.15) is 0 Å². The normalized spacial score (nSPS) is 38.0. The molecular weight excluding hydrogens is 240 g/mol. The van der Waals surface area contributed by atoms with E-state index in [4.69, 9.17) is 0 Å². The lowest BCUT2D eigenvalue weighted by molar-refractivity contribution is 0.0198. The van der Waals surface area contributed by atoms with Crippen molar-refractivity contribution in [2.75, 3.05) is 0 Å². The van der Waals surface area contributed by atoms with E-state index in [1.54, 1.807) is 44.9 Å². The van der Waals surface area contributed by atoms with E-state index >= 15 is 0 Å². The zero-order chi connectivity index (χ0) is 13.7. The molecule has 120 valence electrons. The van der Waals surface area contributed by atoms with Gasteiger partial charge in [0.25, 0.3) is 0 Å². The molecule has 0 N–H and O–H groups in total. The molecule has 0 spiro atoms. The van der Waals surface area contributed by atoms with Crippen molar-refractivity contribution in [2.45, 2.75) is 98.8 Å². The molecule has 0 heterocycles. The minimum atomic E-state index is 0. The zero-order valence-electron chi connectivity index (χ0n) is 13.7. The predicted molar refractivity (Wildman–Crippen MR) is 92.0 cm³/mol. The van der Waals surface area contributed by atoms with Crippen LogP contribution in [-0.2, 0) is 0 Å². The van der Waals surface area contributed by atoms with Crippen LogP contribution in [0.4, 0.5) is 0 Å². The lowest BCUT2D eigenvalue weighted by atomic mass is 9.56. The first-order valence-corrected chi connectivity index (χ1v) is 9.29. The van der Waals surface area contributed by atoms with Gasteiger partial charge in [-0.3, -0.25) is 0 Å². The minimum absolute atomic E-state index is 0. The van der Waals surface area contributed by atoms with Crippen LogP contribution < -0.4 is 0 Å². The maximum atomic E-state index is 2.31. The molecule has 20 heavy (non-hydrogen) atoms. The molecule has 0 unspecified atom stereocenters. The summed E-state index contributed by atoms with van der Waals surface area (Å²) in [5.74, 6) is 5.84. The van der Waals surface area contributed by atoms with Gasteiger partial charge >= 0.3 is 0 Å². The molecule has 0 aromatic rings. The molecule has 0 aromatic carbocycles. The lowest BCUT2D eigenvalue weighted by Gasteiger charge is -2.49. The molecule has 0 aromatic heterocycles. The van der Waals surface area contributed by atoms with Gasteiger partial charge < -0.3 is 0 Å². The molecule has 0 saturated heterocycles. The van der Waals surface area contributed by atoms with Crippen molar-refractivity contribution in [1.82, 2.24) is 0 Å². The second-order valence-electron chi connectivity index (χ2n) is 7.61. The van der Waals surface area contributed by atoms with Crippen LogP contribution in [0, 0.1) is 29.6 Å². The summed E-state index contributed by atoms with van der Waals surface area (Å²) in [5.41, 5.74) is 0. The molecule has 4 bridgehead atoms. The highest BCUT2D eigenvalue weighted by atomic mass is 14.5. The van der Waals surface area contributed by atoms with Gasteiger partial charge in [-0.25, -0.2) is 0 Å². The van der Waals surface area contributed by atoms with E-state index in [0.717, 1.165) is 5.92 Å². The first-order chi connectivity index (χ1) is 9.29. The second-order valence-corrected chi connectivity index (χ2v) is 7.61. The van der Waals surface area contributed by atoms with Crippen molar-refractivity contribution in [3.63, 3.8) is 0 Å². The largest absolute Gasteiger partial charge is 0.0776 e. The monoisotopic (exact) mass is 280 g/mol. The van der Waals surface area contributed by atoms with Crippen molar-refractivity contribution < 1.29 is 0 Å². The summed E-state index contributed by atoms with van der Waals surface area (Å²) < 4.78 is 0. The first-order valence-electron chi connectivity index (χ1n) is 9.29. The highest BCUT2D eigenvalue weighted by Gasteiger charge is 2.41. The van der Waals surface area contributed by atoms with E-state index in [1.165, 1.54) is 49.4 Å². The van der Waals surface area contributed by atoms with Crippen LogP contribution in [0.1, 0.15) is 98.8 Å². The molecule has 0 aliphatic heterocycles. The predicted octanol–water partition coefficient (Wildman–Crippen LogP) is 7.08. The SMILES string of the molecule is C.C1C2CC1C2.C1CC2CC(C1)C2.CC.CC1CCC1. The third-order valence-corrected chi connectivity index (χ3v) is 5.95. The molecule has 7 saturated carbocycles. The van der Waals surface area contributed by atoms with E-state index in [0.29, 0.717) is 0 Å². The Kier molecular flexibility index (Phi) is 8.22. The van der Waals surface area contributed by atoms with Crippen LogP contribution >= 0.6 is 0 Å². The lowest BCUT2D eigenvalue weighted by Crippen LogP contribution is -2.38. The Labute approximate surface area is 129 Å². The summed E-state index contributed by atoms with van der Waals surface area (Å²) in [4.78, 5) is 0. The summed E-state index contributed by atoms with van der Waals surface area (Å²) in [7, 11) is 0. The molecule has 7 fully saturated rings. The average Bonchev–Trinajstić information content (AvgIpc) is 2.26. The second kappa shape index (κ2) is 9.11. The van der Waals surface area contributed by atoms with Gasteiger partial charge in [0.05, 0.1) is 0 Å². The van der Waals surface area contributed by atoms with E-state index in [2.05, 4.69) is 6.92 Å². The molecule has 0 nitrogen and oxygen atoms in total. The van der Waals surface area contributed by atoms with Crippen molar-refractivity contribution in [3.05, 3.63) is 0 Å². The van der Waals surface area contributed by atoms with Crippen molar-refractivity contribution >= 4 is 0 Å². The molecule has 0 radical (unpaired) electrons. The van der Waals surface area contributed by atoms with Crippen LogP contribution in [0.25, 0.3) is 0 Å². The van der Waals surface area contributed by atoms with Gasteiger partial charge in [0.15, 0.2) is 0 Å². The zero-order valence-corrected chi connectivity index (χ0v) is 13.7. The van der Waals surface area contributed by atoms with Crippen molar-refractivity contribution in [3.8, 4) is 0 Å². The Morgan fingerprint density at radius 1 is 0.550 bits per heavy atom. The van der Waals surface area contributed by atoms with E-state index < -0.39 is 0 Å². The van der Waals surface area contributed by atoms with E-state index in [-0.39, 0.29) is 7.43 Å². The smallest absolute Gasteiger partial charge is 0.0406 e.